The maximum absolute atomic E-state index is 14.1. The molecule has 2 rings (SSSR count). The van der Waals surface area contributed by atoms with Crippen molar-refractivity contribution in [2.75, 3.05) is 0 Å². The lowest BCUT2D eigenvalue weighted by atomic mass is 9.97. The second-order valence-electron chi connectivity index (χ2n) is 4.70. The number of halogens is 2. The first kappa shape index (κ1) is 13.1. The van der Waals surface area contributed by atoms with E-state index in [2.05, 4.69) is 0 Å². The lowest BCUT2D eigenvalue weighted by molar-refractivity contribution is 0.603. The van der Waals surface area contributed by atoms with Crippen molar-refractivity contribution in [3.05, 3.63) is 70.0 Å². The third-order valence-electron chi connectivity index (χ3n) is 3.20. The number of benzene rings is 2. The van der Waals surface area contributed by atoms with E-state index in [0.717, 1.165) is 16.7 Å². The Morgan fingerprint density at radius 1 is 0.944 bits per heavy atom. The summed E-state index contributed by atoms with van der Waals surface area (Å²) in [5.41, 5.74) is 4.37. The van der Waals surface area contributed by atoms with Gasteiger partial charge in [-0.1, -0.05) is 42.0 Å². The number of alkyl halides is 1. The largest absolute Gasteiger partial charge is 0.206 e. The average Bonchev–Trinajstić information content (AvgIpc) is 2.35. The van der Waals surface area contributed by atoms with Crippen molar-refractivity contribution >= 4 is 11.6 Å². The molecule has 0 aliphatic rings. The predicted molar refractivity (Wildman–Crippen MR) is 74.7 cm³/mol. The van der Waals surface area contributed by atoms with Gasteiger partial charge in [-0.2, -0.15) is 0 Å². The van der Waals surface area contributed by atoms with Crippen LogP contribution in [0.4, 0.5) is 4.39 Å². The Labute approximate surface area is 112 Å². The number of hydrogen-bond donors (Lipinski definition) is 0. The van der Waals surface area contributed by atoms with E-state index in [4.69, 9.17) is 11.6 Å². The molecule has 0 saturated carbocycles. The summed E-state index contributed by atoms with van der Waals surface area (Å²) < 4.78 is 14.1. The predicted octanol–water partition coefficient (Wildman–Crippen LogP) is 5.08. The molecule has 94 valence electrons. The molecule has 0 aliphatic carbocycles. The first-order valence-corrected chi connectivity index (χ1v) is 6.40. The molecule has 18 heavy (non-hydrogen) atoms. The van der Waals surface area contributed by atoms with Crippen LogP contribution in [0.25, 0.3) is 0 Å². The summed E-state index contributed by atoms with van der Waals surface area (Å²) in [6.45, 7) is 5.77. The topological polar surface area (TPSA) is 0 Å². The van der Waals surface area contributed by atoms with Gasteiger partial charge in [-0.3, -0.25) is 0 Å². The lowest BCUT2D eigenvalue weighted by Crippen LogP contribution is -2.01. The second-order valence-corrected chi connectivity index (χ2v) is 5.14. The Bertz CT molecular complexity index is 573. The molecule has 2 heteroatoms. The van der Waals surface area contributed by atoms with E-state index >= 15 is 0 Å². The minimum Gasteiger partial charge on any atom is -0.206 e. The van der Waals surface area contributed by atoms with Crippen molar-refractivity contribution in [2.45, 2.75) is 26.1 Å². The van der Waals surface area contributed by atoms with Crippen molar-refractivity contribution < 1.29 is 4.39 Å². The van der Waals surface area contributed by atoms with Gasteiger partial charge in [0.2, 0.25) is 0 Å². The van der Waals surface area contributed by atoms with E-state index in [1.807, 2.05) is 38.1 Å². The molecule has 0 spiro atoms. The van der Waals surface area contributed by atoms with E-state index in [0.29, 0.717) is 11.1 Å². The fraction of sp³-hybridized carbons (Fsp3) is 0.250. The van der Waals surface area contributed by atoms with Crippen LogP contribution in [0.3, 0.4) is 0 Å². The number of aryl methyl sites for hydroxylation is 3. The number of rotatable bonds is 2. The summed E-state index contributed by atoms with van der Waals surface area (Å²) in [5.74, 6) is -0.210. The van der Waals surface area contributed by atoms with Crippen LogP contribution in [0, 0.1) is 26.6 Å². The first-order valence-electron chi connectivity index (χ1n) is 5.97. The first-order chi connectivity index (χ1) is 8.50. The Balaban J connectivity index is 2.51. The van der Waals surface area contributed by atoms with Crippen molar-refractivity contribution in [3.63, 3.8) is 0 Å². The zero-order valence-electron chi connectivity index (χ0n) is 10.8. The van der Waals surface area contributed by atoms with Gasteiger partial charge >= 0.3 is 0 Å². The van der Waals surface area contributed by atoms with Crippen molar-refractivity contribution in [1.29, 1.82) is 0 Å². The van der Waals surface area contributed by atoms with Gasteiger partial charge < -0.3 is 0 Å². The van der Waals surface area contributed by atoms with Crippen molar-refractivity contribution in [2.24, 2.45) is 0 Å². The molecule has 0 heterocycles. The monoisotopic (exact) mass is 262 g/mol. The van der Waals surface area contributed by atoms with E-state index in [1.165, 1.54) is 0 Å². The number of hydrogen-bond acceptors (Lipinski definition) is 0. The summed E-state index contributed by atoms with van der Waals surface area (Å²) in [4.78, 5) is 0. The molecule has 0 aliphatic heterocycles. The third kappa shape index (κ3) is 2.41. The Morgan fingerprint density at radius 2 is 1.67 bits per heavy atom. The summed E-state index contributed by atoms with van der Waals surface area (Å²) in [6.07, 6.45) is 0. The highest BCUT2D eigenvalue weighted by Crippen LogP contribution is 2.33. The second kappa shape index (κ2) is 5.11. The molecule has 0 bridgehead atoms. The minimum atomic E-state index is -0.440. The third-order valence-corrected chi connectivity index (χ3v) is 3.67. The standard InChI is InChI=1S/C16H16ClF/c1-10-7-8-11(2)14(9-10)15(17)13-6-4-5-12(3)16(13)18/h4-9,15H,1-3H3. The Hall–Kier alpha value is -1.34. The summed E-state index contributed by atoms with van der Waals surface area (Å²) in [5, 5.41) is -0.440. The molecule has 1 unspecified atom stereocenters. The Morgan fingerprint density at radius 3 is 2.39 bits per heavy atom. The quantitative estimate of drug-likeness (QED) is 0.662. The molecule has 2 aromatic rings. The molecular weight excluding hydrogens is 247 g/mol. The van der Waals surface area contributed by atoms with Crippen LogP contribution >= 0.6 is 11.6 Å². The van der Waals surface area contributed by atoms with Crippen LogP contribution < -0.4 is 0 Å². The minimum absolute atomic E-state index is 0.210. The van der Waals surface area contributed by atoms with Gasteiger partial charge in [-0.05, 0) is 37.5 Å². The smallest absolute Gasteiger partial charge is 0.131 e. The maximum atomic E-state index is 14.1. The summed E-state index contributed by atoms with van der Waals surface area (Å²) >= 11 is 6.45. The van der Waals surface area contributed by atoms with Gasteiger partial charge in [0.05, 0.1) is 5.38 Å². The van der Waals surface area contributed by atoms with Crippen LogP contribution in [-0.2, 0) is 0 Å². The molecule has 0 nitrogen and oxygen atoms in total. The van der Waals surface area contributed by atoms with Crippen molar-refractivity contribution in [1.82, 2.24) is 0 Å². The average molecular weight is 263 g/mol. The van der Waals surface area contributed by atoms with Crippen LogP contribution in [0.15, 0.2) is 36.4 Å². The van der Waals surface area contributed by atoms with Gasteiger partial charge in [0.1, 0.15) is 5.82 Å². The molecule has 1 atom stereocenters. The molecule has 0 aromatic heterocycles. The van der Waals surface area contributed by atoms with Crippen LogP contribution in [0.5, 0.6) is 0 Å². The van der Waals surface area contributed by atoms with Gasteiger partial charge in [0, 0.05) is 5.56 Å². The molecular formula is C16H16ClF. The fourth-order valence-electron chi connectivity index (χ4n) is 2.07. The molecule has 0 N–H and O–H groups in total. The van der Waals surface area contributed by atoms with Crippen LogP contribution in [0.1, 0.15) is 33.2 Å². The van der Waals surface area contributed by atoms with Gasteiger partial charge in [0.15, 0.2) is 0 Å². The van der Waals surface area contributed by atoms with E-state index in [1.54, 1.807) is 19.1 Å². The van der Waals surface area contributed by atoms with Gasteiger partial charge in [0.25, 0.3) is 0 Å². The highest BCUT2D eigenvalue weighted by molar-refractivity contribution is 6.22. The van der Waals surface area contributed by atoms with E-state index in [9.17, 15) is 4.39 Å². The summed E-state index contributed by atoms with van der Waals surface area (Å²) in [6, 6.07) is 11.4. The molecule has 2 aromatic carbocycles. The van der Waals surface area contributed by atoms with Crippen molar-refractivity contribution in [3.8, 4) is 0 Å². The fourth-order valence-corrected chi connectivity index (χ4v) is 2.47. The molecule has 0 amide bonds. The summed E-state index contributed by atoms with van der Waals surface area (Å²) in [7, 11) is 0. The van der Waals surface area contributed by atoms with Gasteiger partial charge in [-0.25, -0.2) is 4.39 Å². The lowest BCUT2D eigenvalue weighted by Gasteiger charge is -2.15. The van der Waals surface area contributed by atoms with Crippen LogP contribution in [0.2, 0.25) is 0 Å². The normalized spacial score (nSPS) is 12.5. The van der Waals surface area contributed by atoms with E-state index in [-0.39, 0.29) is 5.82 Å². The zero-order valence-corrected chi connectivity index (χ0v) is 11.6. The zero-order chi connectivity index (χ0) is 13.3. The highest BCUT2D eigenvalue weighted by Gasteiger charge is 2.18. The van der Waals surface area contributed by atoms with E-state index < -0.39 is 5.38 Å². The van der Waals surface area contributed by atoms with Crippen LogP contribution in [-0.4, -0.2) is 0 Å². The Kier molecular flexibility index (Phi) is 3.72. The molecule has 0 saturated heterocycles. The van der Waals surface area contributed by atoms with Gasteiger partial charge in [-0.15, -0.1) is 11.6 Å². The molecule has 0 radical (unpaired) electrons. The maximum Gasteiger partial charge on any atom is 0.131 e. The SMILES string of the molecule is Cc1ccc(C)c(C(Cl)c2cccc(C)c2F)c1. The highest BCUT2D eigenvalue weighted by atomic mass is 35.5. The molecule has 0 fully saturated rings.